The van der Waals surface area contributed by atoms with Crippen LogP contribution in [-0.2, 0) is 11.3 Å². The quantitative estimate of drug-likeness (QED) is 0.842. The molecule has 1 aromatic rings. The Morgan fingerprint density at radius 3 is 2.94 bits per heavy atom. The van der Waals surface area contributed by atoms with Gasteiger partial charge in [0.25, 0.3) is 0 Å². The van der Waals surface area contributed by atoms with Gasteiger partial charge in [0.05, 0.1) is 7.11 Å². The molecule has 1 N–H and O–H groups in total. The van der Waals surface area contributed by atoms with E-state index in [0.717, 1.165) is 24.2 Å². The van der Waals surface area contributed by atoms with E-state index in [2.05, 4.69) is 5.32 Å². The van der Waals surface area contributed by atoms with Gasteiger partial charge in [0.1, 0.15) is 5.75 Å². The van der Waals surface area contributed by atoms with E-state index in [9.17, 15) is 4.79 Å². The minimum absolute atomic E-state index is 0.189. The van der Waals surface area contributed by atoms with Crippen molar-refractivity contribution in [1.29, 1.82) is 0 Å². The highest BCUT2D eigenvalue weighted by molar-refractivity contribution is 5.79. The fourth-order valence-electron chi connectivity index (χ4n) is 1.79. The first kappa shape index (κ1) is 11.0. The molecule has 0 radical (unpaired) electrons. The second kappa shape index (κ2) is 5.01. The zero-order valence-electron chi connectivity index (χ0n) is 9.53. The largest absolute Gasteiger partial charge is 0.497 e. The third-order valence-corrected chi connectivity index (χ3v) is 3.08. The topological polar surface area (TPSA) is 38.3 Å². The number of hydrogen-bond acceptors (Lipinski definition) is 2. The molecule has 1 aliphatic rings. The molecular weight excluding hydrogens is 202 g/mol. The van der Waals surface area contributed by atoms with Crippen LogP contribution >= 0.6 is 0 Å². The SMILES string of the molecule is COc1cccc(CNC(=O)C2CCC2)c1. The summed E-state index contributed by atoms with van der Waals surface area (Å²) < 4.78 is 5.13. The Morgan fingerprint density at radius 1 is 1.50 bits per heavy atom. The van der Waals surface area contributed by atoms with Crippen molar-refractivity contribution >= 4 is 5.91 Å². The number of nitrogens with one attached hydrogen (secondary N) is 1. The molecule has 1 aromatic carbocycles. The maximum absolute atomic E-state index is 11.6. The van der Waals surface area contributed by atoms with E-state index in [1.54, 1.807) is 7.11 Å². The molecule has 0 bridgehead atoms. The average Bonchev–Trinajstić information content (AvgIpc) is 2.24. The van der Waals surface area contributed by atoms with Crippen LogP contribution in [0.5, 0.6) is 5.75 Å². The summed E-state index contributed by atoms with van der Waals surface area (Å²) in [7, 11) is 1.64. The minimum atomic E-state index is 0.189. The number of benzene rings is 1. The monoisotopic (exact) mass is 219 g/mol. The molecule has 1 saturated carbocycles. The van der Waals surface area contributed by atoms with Crippen molar-refractivity contribution in [3.05, 3.63) is 29.8 Å². The van der Waals surface area contributed by atoms with Gasteiger partial charge in [0.15, 0.2) is 0 Å². The zero-order valence-corrected chi connectivity index (χ0v) is 9.53. The second-order valence-electron chi connectivity index (χ2n) is 4.20. The molecule has 1 amide bonds. The van der Waals surface area contributed by atoms with Crippen molar-refractivity contribution in [2.24, 2.45) is 5.92 Å². The molecule has 86 valence electrons. The zero-order chi connectivity index (χ0) is 11.4. The predicted octanol–water partition coefficient (Wildman–Crippen LogP) is 2.11. The Hall–Kier alpha value is -1.51. The fourth-order valence-corrected chi connectivity index (χ4v) is 1.79. The van der Waals surface area contributed by atoms with Gasteiger partial charge in [-0.25, -0.2) is 0 Å². The maximum Gasteiger partial charge on any atom is 0.223 e. The van der Waals surface area contributed by atoms with Gasteiger partial charge in [-0.1, -0.05) is 18.6 Å². The van der Waals surface area contributed by atoms with Crippen LogP contribution in [0.4, 0.5) is 0 Å². The summed E-state index contributed by atoms with van der Waals surface area (Å²) in [5, 5.41) is 2.96. The first-order valence-electron chi connectivity index (χ1n) is 5.70. The molecular formula is C13H17NO2. The Balaban J connectivity index is 1.86. The smallest absolute Gasteiger partial charge is 0.223 e. The van der Waals surface area contributed by atoms with Crippen LogP contribution < -0.4 is 10.1 Å². The number of amides is 1. The van der Waals surface area contributed by atoms with Gasteiger partial charge in [-0.2, -0.15) is 0 Å². The van der Waals surface area contributed by atoms with Crippen LogP contribution in [0, 0.1) is 5.92 Å². The number of carbonyl (C=O) groups excluding carboxylic acids is 1. The highest BCUT2D eigenvalue weighted by Crippen LogP contribution is 2.26. The molecule has 2 rings (SSSR count). The van der Waals surface area contributed by atoms with Crippen molar-refractivity contribution < 1.29 is 9.53 Å². The van der Waals surface area contributed by atoms with Crippen molar-refractivity contribution in [2.75, 3.05) is 7.11 Å². The van der Waals surface area contributed by atoms with Crippen LogP contribution in [0.3, 0.4) is 0 Å². The molecule has 16 heavy (non-hydrogen) atoms. The Morgan fingerprint density at radius 2 is 2.31 bits per heavy atom. The number of methoxy groups -OCH3 is 1. The number of carbonyl (C=O) groups is 1. The Labute approximate surface area is 95.8 Å². The Bertz CT molecular complexity index is 372. The lowest BCUT2D eigenvalue weighted by atomic mass is 9.85. The van der Waals surface area contributed by atoms with Crippen molar-refractivity contribution in [2.45, 2.75) is 25.8 Å². The van der Waals surface area contributed by atoms with E-state index < -0.39 is 0 Å². The first-order valence-corrected chi connectivity index (χ1v) is 5.70. The molecule has 0 atom stereocenters. The third kappa shape index (κ3) is 2.54. The van der Waals surface area contributed by atoms with Gasteiger partial charge < -0.3 is 10.1 Å². The van der Waals surface area contributed by atoms with Crippen LogP contribution in [0.2, 0.25) is 0 Å². The molecule has 0 saturated heterocycles. The summed E-state index contributed by atoms with van der Waals surface area (Å²) >= 11 is 0. The van der Waals surface area contributed by atoms with Crippen LogP contribution in [0.25, 0.3) is 0 Å². The maximum atomic E-state index is 11.6. The molecule has 0 aliphatic heterocycles. The number of ether oxygens (including phenoxy) is 1. The molecule has 1 aliphatic carbocycles. The lowest BCUT2D eigenvalue weighted by molar-refractivity contribution is -0.127. The molecule has 1 fully saturated rings. The van der Waals surface area contributed by atoms with Gasteiger partial charge in [-0.3, -0.25) is 4.79 Å². The highest BCUT2D eigenvalue weighted by Gasteiger charge is 2.24. The summed E-state index contributed by atoms with van der Waals surface area (Å²) in [5.41, 5.74) is 1.08. The fraction of sp³-hybridized carbons (Fsp3) is 0.462. The van der Waals surface area contributed by atoms with Gasteiger partial charge in [-0.05, 0) is 30.5 Å². The van der Waals surface area contributed by atoms with Crippen molar-refractivity contribution in [1.82, 2.24) is 5.32 Å². The molecule has 0 heterocycles. The van der Waals surface area contributed by atoms with E-state index in [-0.39, 0.29) is 11.8 Å². The number of hydrogen-bond donors (Lipinski definition) is 1. The van der Waals surface area contributed by atoms with Gasteiger partial charge >= 0.3 is 0 Å². The van der Waals surface area contributed by atoms with E-state index in [4.69, 9.17) is 4.74 Å². The molecule has 0 aromatic heterocycles. The van der Waals surface area contributed by atoms with Crippen molar-refractivity contribution in [3.8, 4) is 5.75 Å². The number of rotatable bonds is 4. The van der Waals surface area contributed by atoms with E-state index in [1.165, 1.54) is 6.42 Å². The first-order chi connectivity index (χ1) is 7.79. The molecule has 3 nitrogen and oxygen atoms in total. The van der Waals surface area contributed by atoms with E-state index in [1.807, 2.05) is 24.3 Å². The van der Waals surface area contributed by atoms with Crippen LogP contribution in [0.15, 0.2) is 24.3 Å². The van der Waals surface area contributed by atoms with Crippen LogP contribution in [-0.4, -0.2) is 13.0 Å². The standard InChI is InChI=1S/C13H17NO2/c1-16-12-7-2-4-10(8-12)9-14-13(15)11-5-3-6-11/h2,4,7-8,11H,3,5-6,9H2,1H3,(H,14,15). The van der Waals surface area contributed by atoms with Crippen molar-refractivity contribution in [3.63, 3.8) is 0 Å². The molecule has 0 spiro atoms. The third-order valence-electron chi connectivity index (χ3n) is 3.08. The van der Waals surface area contributed by atoms with Crippen LogP contribution in [0.1, 0.15) is 24.8 Å². The Kier molecular flexibility index (Phi) is 3.44. The second-order valence-corrected chi connectivity index (χ2v) is 4.20. The van der Waals surface area contributed by atoms with Gasteiger partial charge in [0, 0.05) is 12.5 Å². The summed E-state index contributed by atoms with van der Waals surface area (Å²) in [4.78, 5) is 11.6. The highest BCUT2D eigenvalue weighted by atomic mass is 16.5. The molecule has 3 heteroatoms. The van der Waals surface area contributed by atoms with E-state index in [0.29, 0.717) is 6.54 Å². The summed E-state index contributed by atoms with van der Waals surface area (Å²) in [6.45, 7) is 0.590. The average molecular weight is 219 g/mol. The van der Waals surface area contributed by atoms with Gasteiger partial charge in [-0.15, -0.1) is 0 Å². The predicted molar refractivity (Wildman–Crippen MR) is 62.2 cm³/mol. The lowest BCUT2D eigenvalue weighted by Crippen LogP contribution is -2.33. The van der Waals surface area contributed by atoms with Gasteiger partial charge in [0.2, 0.25) is 5.91 Å². The summed E-state index contributed by atoms with van der Waals surface area (Å²) in [6.07, 6.45) is 3.28. The molecule has 0 unspecified atom stereocenters. The van der Waals surface area contributed by atoms with E-state index >= 15 is 0 Å². The normalized spacial score (nSPS) is 15.3. The lowest BCUT2D eigenvalue weighted by Gasteiger charge is -2.24. The summed E-state index contributed by atoms with van der Waals surface area (Å²) in [6, 6.07) is 7.77. The summed E-state index contributed by atoms with van der Waals surface area (Å²) in [5.74, 6) is 1.27. The minimum Gasteiger partial charge on any atom is -0.497 e.